The van der Waals surface area contributed by atoms with Crippen molar-refractivity contribution in [3.63, 3.8) is 0 Å². The van der Waals surface area contributed by atoms with E-state index in [-0.39, 0.29) is 36.1 Å². The van der Waals surface area contributed by atoms with E-state index < -0.39 is 21.7 Å². The predicted molar refractivity (Wildman–Crippen MR) is 101 cm³/mol. The fraction of sp³-hybridized carbons (Fsp3) is 0.278. The zero-order valence-electron chi connectivity index (χ0n) is 14.8. The van der Waals surface area contributed by atoms with Crippen molar-refractivity contribution in [2.24, 2.45) is 0 Å². The van der Waals surface area contributed by atoms with Crippen LogP contribution < -0.4 is 10.2 Å². The maximum atomic E-state index is 13.2. The van der Waals surface area contributed by atoms with Gasteiger partial charge < -0.3 is 10.2 Å². The Morgan fingerprint density at radius 3 is 2.32 bits per heavy atom. The Bertz CT molecular complexity index is 963. The summed E-state index contributed by atoms with van der Waals surface area (Å²) in [6, 6.07) is 9.12. The average molecular weight is 431 g/mol. The summed E-state index contributed by atoms with van der Waals surface area (Å²) in [5.41, 5.74) is 0.173. The van der Waals surface area contributed by atoms with Gasteiger partial charge in [0.15, 0.2) is 18.2 Å². The largest absolute Gasteiger partial charge is 0.325 e. The van der Waals surface area contributed by atoms with Crippen LogP contribution in [0.3, 0.4) is 0 Å². The lowest BCUT2D eigenvalue weighted by atomic mass is 10.3. The number of amides is 1. The summed E-state index contributed by atoms with van der Waals surface area (Å²) < 4.78 is 52.8. The summed E-state index contributed by atoms with van der Waals surface area (Å²) in [6.45, 7) is 1.57. The van der Waals surface area contributed by atoms with E-state index in [1.165, 1.54) is 34.6 Å². The first kappa shape index (κ1) is 20.7. The highest BCUT2D eigenvalue weighted by atomic mass is 35.5. The number of benzene rings is 2. The van der Waals surface area contributed by atoms with Gasteiger partial charge in [-0.05, 0) is 36.4 Å². The molecule has 2 aromatic rings. The Labute approximate surface area is 166 Å². The van der Waals surface area contributed by atoms with Crippen LogP contribution in [0.1, 0.15) is 0 Å². The number of sulfonamides is 1. The number of hydrogen-bond donors (Lipinski definition) is 2. The quantitative estimate of drug-likeness (QED) is 0.747. The van der Waals surface area contributed by atoms with Gasteiger partial charge in [0.2, 0.25) is 10.0 Å². The molecule has 0 atom stereocenters. The molecule has 150 valence electrons. The summed E-state index contributed by atoms with van der Waals surface area (Å²) in [6.07, 6.45) is 0. The predicted octanol–water partition coefficient (Wildman–Crippen LogP) is 1.15. The van der Waals surface area contributed by atoms with Crippen LogP contribution in [-0.2, 0) is 14.8 Å². The van der Waals surface area contributed by atoms with Crippen LogP contribution in [0, 0.1) is 11.6 Å². The van der Waals surface area contributed by atoms with Gasteiger partial charge in [-0.15, -0.1) is 0 Å². The monoisotopic (exact) mass is 430 g/mol. The second kappa shape index (κ2) is 8.52. The van der Waals surface area contributed by atoms with Gasteiger partial charge >= 0.3 is 0 Å². The summed E-state index contributed by atoms with van der Waals surface area (Å²) >= 11 is 5.80. The third kappa shape index (κ3) is 4.85. The van der Waals surface area contributed by atoms with Crippen molar-refractivity contribution in [3.8, 4) is 0 Å². The van der Waals surface area contributed by atoms with E-state index in [1.54, 1.807) is 0 Å². The molecule has 1 fully saturated rings. The molecule has 0 spiro atoms. The molecule has 0 aliphatic carbocycles. The molecule has 0 unspecified atom stereocenters. The van der Waals surface area contributed by atoms with E-state index in [1.807, 2.05) is 0 Å². The molecule has 0 saturated carbocycles. The van der Waals surface area contributed by atoms with E-state index in [0.29, 0.717) is 18.1 Å². The Hall–Kier alpha value is -2.07. The van der Waals surface area contributed by atoms with Crippen LogP contribution in [0.2, 0.25) is 5.02 Å². The van der Waals surface area contributed by atoms with Crippen molar-refractivity contribution >= 4 is 33.2 Å². The summed E-state index contributed by atoms with van der Waals surface area (Å²) in [5, 5.41) is 2.98. The van der Waals surface area contributed by atoms with E-state index in [0.717, 1.165) is 17.0 Å². The topological polar surface area (TPSA) is 70.9 Å². The van der Waals surface area contributed by atoms with E-state index in [9.17, 15) is 22.0 Å². The molecule has 0 bridgehead atoms. The fourth-order valence-electron chi connectivity index (χ4n) is 2.98. The average Bonchev–Trinajstić information content (AvgIpc) is 2.65. The van der Waals surface area contributed by atoms with Crippen molar-refractivity contribution in [1.29, 1.82) is 0 Å². The van der Waals surface area contributed by atoms with Crippen LogP contribution in [-0.4, -0.2) is 51.4 Å². The second-order valence-electron chi connectivity index (χ2n) is 6.46. The molecule has 0 radical (unpaired) electrons. The highest BCUT2D eigenvalue weighted by Crippen LogP contribution is 2.18. The first-order valence-electron chi connectivity index (χ1n) is 8.60. The lowest BCUT2D eigenvalue weighted by Crippen LogP contribution is -3.15. The standard InChI is InChI=1S/C18H18ClF2N3O3S/c19-13-1-4-15(5-2-13)28(26,27)24-9-7-23(8-10-24)12-18(25)22-14-3-6-16(20)17(21)11-14/h1-6,11H,7-10,12H2,(H,22,25)/p+1. The highest BCUT2D eigenvalue weighted by molar-refractivity contribution is 7.89. The summed E-state index contributed by atoms with van der Waals surface area (Å²) in [4.78, 5) is 13.2. The van der Waals surface area contributed by atoms with Crippen molar-refractivity contribution < 1.29 is 26.9 Å². The number of rotatable bonds is 5. The van der Waals surface area contributed by atoms with Crippen molar-refractivity contribution in [2.75, 3.05) is 38.0 Å². The number of quaternary nitrogens is 1. The van der Waals surface area contributed by atoms with Gasteiger partial charge in [0.1, 0.15) is 0 Å². The Morgan fingerprint density at radius 2 is 1.71 bits per heavy atom. The van der Waals surface area contributed by atoms with Gasteiger partial charge in [-0.1, -0.05) is 11.6 Å². The number of anilines is 1. The molecule has 28 heavy (non-hydrogen) atoms. The van der Waals surface area contributed by atoms with Crippen LogP contribution in [0.15, 0.2) is 47.4 Å². The SMILES string of the molecule is O=C(C[NH+]1CCN(S(=O)(=O)c2ccc(Cl)cc2)CC1)Nc1ccc(F)c(F)c1. The van der Waals surface area contributed by atoms with Gasteiger partial charge in [-0.25, -0.2) is 17.2 Å². The third-order valence-corrected chi connectivity index (χ3v) is 6.66. The molecule has 1 heterocycles. The molecular weight excluding hydrogens is 412 g/mol. The Balaban J connectivity index is 1.54. The molecule has 0 aromatic heterocycles. The zero-order chi connectivity index (χ0) is 20.3. The first-order chi connectivity index (χ1) is 13.3. The maximum absolute atomic E-state index is 13.2. The number of carbonyl (C=O) groups is 1. The van der Waals surface area contributed by atoms with E-state index >= 15 is 0 Å². The first-order valence-corrected chi connectivity index (χ1v) is 10.4. The number of carbonyl (C=O) groups excluding carboxylic acids is 1. The molecule has 10 heteroatoms. The molecule has 2 N–H and O–H groups in total. The van der Waals surface area contributed by atoms with Crippen molar-refractivity contribution in [3.05, 3.63) is 59.1 Å². The molecule has 3 rings (SSSR count). The highest BCUT2D eigenvalue weighted by Gasteiger charge is 2.31. The number of piperazine rings is 1. The van der Waals surface area contributed by atoms with Crippen LogP contribution in [0.4, 0.5) is 14.5 Å². The maximum Gasteiger partial charge on any atom is 0.279 e. The van der Waals surface area contributed by atoms with Gasteiger partial charge in [-0.2, -0.15) is 4.31 Å². The van der Waals surface area contributed by atoms with E-state index in [4.69, 9.17) is 11.6 Å². The number of nitrogens with one attached hydrogen (secondary N) is 2. The van der Waals surface area contributed by atoms with Crippen LogP contribution in [0.25, 0.3) is 0 Å². The normalized spacial score (nSPS) is 16.1. The number of halogens is 3. The fourth-order valence-corrected chi connectivity index (χ4v) is 4.55. The van der Waals surface area contributed by atoms with Gasteiger partial charge in [0.25, 0.3) is 5.91 Å². The zero-order valence-corrected chi connectivity index (χ0v) is 16.4. The minimum atomic E-state index is -3.60. The molecule has 1 saturated heterocycles. The number of nitrogens with zero attached hydrogens (tertiary/aromatic N) is 1. The van der Waals surface area contributed by atoms with Gasteiger partial charge in [0.05, 0.1) is 31.1 Å². The minimum Gasteiger partial charge on any atom is -0.325 e. The molecular formula is C18H19ClF2N3O3S+. The minimum absolute atomic E-state index is 0.105. The van der Waals surface area contributed by atoms with Crippen LogP contribution >= 0.6 is 11.6 Å². The number of hydrogen-bond acceptors (Lipinski definition) is 3. The summed E-state index contributed by atoms with van der Waals surface area (Å²) in [5.74, 6) is -2.37. The smallest absolute Gasteiger partial charge is 0.279 e. The van der Waals surface area contributed by atoms with Gasteiger partial charge in [0, 0.05) is 16.8 Å². The Morgan fingerprint density at radius 1 is 1.07 bits per heavy atom. The second-order valence-corrected chi connectivity index (χ2v) is 8.84. The molecule has 6 nitrogen and oxygen atoms in total. The molecule has 1 amide bonds. The summed E-state index contributed by atoms with van der Waals surface area (Å²) in [7, 11) is -3.60. The van der Waals surface area contributed by atoms with Crippen molar-refractivity contribution in [1.82, 2.24) is 4.31 Å². The lowest BCUT2D eigenvalue weighted by molar-refractivity contribution is -0.895. The van der Waals surface area contributed by atoms with E-state index in [2.05, 4.69) is 5.32 Å². The van der Waals surface area contributed by atoms with Crippen LogP contribution in [0.5, 0.6) is 0 Å². The van der Waals surface area contributed by atoms with Crippen molar-refractivity contribution in [2.45, 2.75) is 4.90 Å². The molecule has 1 aliphatic rings. The van der Waals surface area contributed by atoms with Gasteiger partial charge in [-0.3, -0.25) is 4.79 Å². The Kier molecular flexibility index (Phi) is 6.29. The third-order valence-electron chi connectivity index (χ3n) is 4.49. The molecule has 1 aliphatic heterocycles. The lowest BCUT2D eigenvalue weighted by Gasteiger charge is -2.31. The molecule has 2 aromatic carbocycles.